The van der Waals surface area contributed by atoms with Crippen molar-refractivity contribution in [3.63, 3.8) is 0 Å². The van der Waals surface area contributed by atoms with Crippen LogP contribution in [0.1, 0.15) is 32.7 Å². The molecule has 1 amide bonds. The molecular weight excluding hydrogens is 520 g/mol. The minimum atomic E-state index is -1.04. The fourth-order valence-corrected chi connectivity index (χ4v) is 4.96. The Morgan fingerprint density at radius 1 is 1.13 bits per heavy atom. The molecule has 11 heteroatoms. The molecule has 1 aliphatic heterocycles. The van der Waals surface area contributed by atoms with Crippen molar-refractivity contribution in [2.24, 2.45) is 0 Å². The summed E-state index contributed by atoms with van der Waals surface area (Å²) >= 11 is 1.23. The first kappa shape index (κ1) is 26.1. The molecule has 39 heavy (non-hydrogen) atoms. The number of rotatable bonds is 8. The molecule has 0 aliphatic carbocycles. The van der Waals surface area contributed by atoms with E-state index in [2.05, 4.69) is 10.3 Å². The fraction of sp³-hybridized carbons (Fsp3) is 0.179. The summed E-state index contributed by atoms with van der Waals surface area (Å²) in [5.74, 6) is 0.693. The largest absolute Gasteiger partial charge is 0.497 e. The topological polar surface area (TPSA) is 144 Å². The van der Waals surface area contributed by atoms with Crippen LogP contribution in [0.15, 0.2) is 59.8 Å². The van der Waals surface area contributed by atoms with E-state index in [-0.39, 0.29) is 23.8 Å². The van der Waals surface area contributed by atoms with Gasteiger partial charge in [0.25, 0.3) is 0 Å². The highest BCUT2D eigenvalue weighted by molar-refractivity contribution is 8.00. The van der Waals surface area contributed by atoms with E-state index in [1.165, 1.54) is 36.0 Å². The summed E-state index contributed by atoms with van der Waals surface area (Å²) in [5, 5.41) is 22.3. The molecule has 0 saturated carbocycles. The number of ether oxygens (including phenoxy) is 2. The van der Waals surface area contributed by atoms with Crippen LogP contribution in [0.2, 0.25) is 0 Å². The molecule has 0 unspecified atom stereocenters. The van der Waals surface area contributed by atoms with Crippen molar-refractivity contribution in [3.05, 3.63) is 82.7 Å². The highest BCUT2D eigenvalue weighted by Gasteiger charge is 2.28. The predicted molar refractivity (Wildman–Crippen MR) is 145 cm³/mol. The highest BCUT2D eigenvalue weighted by atomic mass is 32.2. The normalized spacial score (nSPS) is 11.7. The average molecular weight is 545 g/mol. The van der Waals surface area contributed by atoms with Crippen LogP contribution in [0.25, 0.3) is 11.4 Å². The van der Waals surface area contributed by atoms with Gasteiger partial charge in [0.1, 0.15) is 10.8 Å². The Morgan fingerprint density at radius 3 is 2.64 bits per heavy atom. The Balaban J connectivity index is 1.46. The number of carbonyl (C=O) groups excluding carboxylic acids is 1. The van der Waals surface area contributed by atoms with E-state index >= 15 is 0 Å². The third kappa shape index (κ3) is 5.54. The number of aromatic carboxylic acids is 1. The Morgan fingerprint density at radius 2 is 1.92 bits per heavy atom. The lowest BCUT2D eigenvalue weighted by Gasteiger charge is -2.24. The van der Waals surface area contributed by atoms with Crippen molar-refractivity contribution >= 4 is 29.3 Å². The maximum absolute atomic E-state index is 12.8. The van der Waals surface area contributed by atoms with Gasteiger partial charge in [-0.25, -0.2) is 9.78 Å². The molecular formula is C28H24N4O6S. The summed E-state index contributed by atoms with van der Waals surface area (Å²) in [6.07, 6.45) is 2.03. The zero-order valence-electron chi connectivity index (χ0n) is 21.1. The number of aliphatic hydroxyl groups excluding tert-OH is 1. The molecule has 3 heterocycles. The lowest BCUT2D eigenvalue weighted by molar-refractivity contribution is -0.113. The van der Waals surface area contributed by atoms with Gasteiger partial charge in [-0.15, -0.1) is 0 Å². The van der Waals surface area contributed by atoms with Crippen molar-refractivity contribution < 1.29 is 29.3 Å². The number of methoxy groups -OCH3 is 1. The maximum Gasteiger partial charge on any atom is 0.335 e. The molecule has 2 aromatic carbocycles. The smallest absolute Gasteiger partial charge is 0.335 e. The molecule has 0 bridgehead atoms. The Bertz CT molecular complexity index is 1580. The zero-order valence-corrected chi connectivity index (χ0v) is 21.9. The molecule has 10 nitrogen and oxygen atoms in total. The van der Waals surface area contributed by atoms with E-state index in [9.17, 15) is 14.7 Å². The van der Waals surface area contributed by atoms with Crippen LogP contribution in [0.4, 0.5) is 5.69 Å². The SMILES string of the molecule is COc1cccc(-c2nc3c(c(SCC(=O)Nc4ccc(C(=O)O)cc4)n2)Cc2c(CO)cnc(C)c2O3)c1. The summed E-state index contributed by atoms with van der Waals surface area (Å²) in [6, 6.07) is 13.3. The van der Waals surface area contributed by atoms with E-state index < -0.39 is 5.97 Å². The summed E-state index contributed by atoms with van der Waals surface area (Å²) in [5.41, 5.74) is 4.18. The first-order valence-electron chi connectivity index (χ1n) is 11.9. The minimum Gasteiger partial charge on any atom is -0.497 e. The number of carboxylic acids is 1. The van der Waals surface area contributed by atoms with Gasteiger partial charge in [-0.1, -0.05) is 23.9 Å². The number of amides is 1. The van der Waals surface area contributed by atoms with Crippen molar-refractivity contribution in [1.29, 1.82) is 0 Å². The number of fused-ring (bicyclic) bond motifs is 2. The van der Waals surface area contributed by atoms with Gasteiger partial charge in [-0.2, -0.15) is 4.98 Å². The lowest BCUT2D eigenvalue weighted by atomic mass is 9.99. The van der Waals surface area contributed by atoms with Crippen molar-refractivity contribution in [2.45, 2.75) is 25.0 Å². The number of benzene rings is 2. The number of pyridine rings is 1. The van der Waals surface area contributed by atoms with Crippen LogP contribution in [0.3, 0.4) is 0 Å². The number of aliphatic hydroxyl groups is 1. The minimum absolute atomic E-state index is 0.0385. The number of hydrogen-bond donors (Lipinski definition) is 3. The number of aryl methyl sites for hydroxylation is 1. The number of hydrogen-bond acceptors (Lipinski definition) is 9. The summed E-state index contributed by atoms with van der Waals surface area (Å²) < 4.78 is 11.6. The zero-order chi connectivity index (χ0) is 27.5. The predicted octanol–water partition coefficient (Wildman–Crippen LogP) is 4.47. The van der Waals surface area contributed by atoms with Gasteiger partial charge < -0.3 is 25.0 Å². The van der Waals surface area contributed by atoms with Gasteiger partial charge in [-0.05, 0) is 43.3 Å². The second-order valence-corrected chi connectivity index (χ2v) is 9.66. The molecule has 0 saturated heterocycles. The standard InChI is InChI=1S/C28H24N4O6S/c1-15-24-21(18(13-33)12-29-15)11-22-26(38-24)31-25(17-4-3-5-20(10-17)37-2)32-27(22)39-14-23(34)30-19-8-6-16(7-9-19)28(35)36/h3-10,12,33H,11,13-14H2,1-2H3,(H,30,34)(H,35,36). The van der Waals surface area contributed by atoms with E-state index in [1.807, 2.05) is 31.2 Å². The van der Waals surface area contributed by atoms with Crippen molar-refractivity contribution in [2.75, 3.05) is 18.2 Å². The summed E-state index contributed by atoms with van der Waals surface area (Å²) in [6.45, 7) is 1.64. The fourth-order valence-electron chi connectivity index (χ4n) is 4.13. The van der Waals surface area contributed by atoms with Gasteiger partial charge in [0.05, 0.1) is 36.3 Å². The molecule has 3 N–H and O–H groups in total. The van der Waals surface area contributed by atoms with E-state index in [0.29, 0.717) is 57.2 Å². The van der Waals surface area contributed by atoms with Crippen LogP contribution >= 0.6 is 11.8 Å². The van der Waals surface area contributed by atoms with Crippen LogP contribution in [-0.2, 0) is 17.8 Å². The first-order chi connectivity index (χ1) is 18.9. The number of carboxylic acid groups (broad SMARTS) is 1. The Labute approximate surface area is 228 Å². The lowest BCUT2D eigenvalue weighted by Crippen LogP contribution is -2.16. The molecule has 2 aromatic heterocycles. The van der Waals surface area contributed by atoms with Crippen LogP contribution in [-0.4, -0.2) is 49.9 Å². The van der Waals surface area contributed by atoms with Crippen molar-refractivity contribution in [1.82, 2.24) is 15.0 Å². The molecule has 0 radical (unpaired) electrons. The van der Waals surface area contributed by atoms with Crippen LogP contribution in [0, 0.1) is 6.92 Å². The van der Waals surface area contributed by atoms with Crippen LogP contribution in [0.5, 0.6) is 17.4 Å². The van der Waals surface area contributed by atoms with Gasteiger partial charge in [0, 0.05) is 35.0 Å². The van der Waals surface area contributed by atoms with Gasteiger partial charge in [-0.3, -0.25) is 9.78 Å². The number of nitrogens with one attached hydrogen (secondary N) is 1. The number of aromatic nitrogens is 3. The maximum atomic E-state index is 12.8. The quantitative estimate of drug-likeness (QED) is 0.189. The van der Waals surface area contributed by atoms with Crippen LogP contribution < -0.4 is 14.8 Å². The molecule has 5 rings (SSSR count). The number of nitrogens with zero attached hydrogens (tertiary/aromatic N) is 3. The molecule has 198 valence electrons. The Kier molecular flexibility index (Phi) is 7.44. The molecule has 4 aromatic rings. The molecule has 0 fully saturated rings. The Hall–Kier alpha value is -4.48. The first-order valence-corrected chi connectivity index (χ1v) is 12.9. The third-order valence-electron chi connectivity index (χ3n) is 6.14. The monoisotopic (exact) mass is 544 g/mol. The van der Waals surface area contributed by atoms with E-state index in [4.69, 9.17) is 24.5 Å². The number of anilines is 1. The molecule has 0 atom stereocenters. The summed E-state index contributed by atoms with van der Waals surface area (Å²) in [7, 11) is 1.58. The molecule has 1 aliphatic rings. The number of thioether (sulfide) groups is 1. The van der Waals surface area contributed by atoms with Gasteiger partial charge in [0.2, 0.25) is 11.8 Å². The van der Waals surface area contributed by atoms with E-state index in [0.717, 1.165) is 11.1 Å². The third-order valence-corrected chi connectivity index (χ3v) is 7.16. The second-order valence-electron chi connectivity index (χ2n) is 8.70. The van der Waals surface area contributed by atoms with Gasteiger partial charge in [0.15, 0.2) is 11.6 Å². The number of carbonyl (C=O) groups is 2. The van der Waals surface area contributed by atoms with Gasteiger partial charge >= 0.3 is 5.97 Å². The van der Waals surface area contributed by atoms with Crippen molar-refractivity contribution in [3.8, 4) is 28.8 Å². The summed E-state index contributed by atoms with van der Waals surface area (Å²) in [4.78, 5) is 37.7. The average Bonchev–Trinajstić information content (AvgIpc) is 2.95. The second kappa shape index (κ2) is 11.1. The highest BCUT2D eigenvalue weighted by Crippen LogP contribution is 2.42. The molecule has 0 spiro atoms. The van der Waals surface area contributed by atoms with E-state index in [1.54, 1.807) is 13.3 Å².